The molecule has 1 aromatic rings. The minimum Gasteiger partial charge on any atom is -0.480 e. The van der Waals surface area contributed by atoms with Crippen LogP contribution in [0.5, 0.6) is 5.75 Å². The highest BCUT2D eigenvalue weighted by Gasteiger charge is 2.25. The first kappa shape index (κ1) is 18.5. The fourth-order valence-corrected chi connectivity index (χ4v) is 2.67. The van der Waals surface area contributed by atoms with Crippen molar-refractivity contribution in [3.05, 3.63) is 29.3 Å². The second kappa shape index (κ2) is 8.21. The summed E-state index contributed by atoms with van der Waals surface area (Å²) in [6.45, 7) is 14.6. The molecule has 0 saturated carbocycles. The molecule has 0 radical (unpaired) electrons. The highest BCUT2D eigenvalue weighted by atomic mass is 16.5. The van der Waals surface area contributed by atoms with E-state index >= 15 is 0 Å². The fourth-order valence-electron chi connectivity index (χ4n) is 2.67. The summed E-state index contributed by atoms with van der Waals surface area (Å²) in [5.41, 5.74) is 2.19. The van der Waals surface area contributed by atoms with Gasteiger partial charge in [-0.15, -0.1) is 0 Å². The second-order valence-electron chi connectivity index (χ2n) is 6.81. The van der Waals surface area contributed by atoms with Crippen LogP contribution in [0.2, 0.25) is 0 Å². The Morgan fingerprint density at radius 1 is 1.14 bits per heavy atom. The van der Waals surface area contributed by atoms with Gasteiger partial charge in [0.2, 0.25) is 0 Å². The average molecular weight is 305 g/mol. The van der Waals surface area contributed by atoms with E-state index in [0.717, 1.165) is 16.9 Å². The largest absolute Gasteiger partial charge is 0.480 e. The van der Waals surface area contributed by atoms with Gasteiger partial charge in [-0.2, -0.15) is 0 Å². The van der Waals surface area contributed by atoms with Gasteiger partial charge in [-0.25, -0.2) is 0 Å². The van der Waals surface area contributed by atoms with Gasteiger partial charge in [-0.3, -0.25) is 4.79 Å². The van der Waals surface area contributed by atoms with Crippen molar-refractivity contribution >= 4 is 5.91 Å². The predicted octanol–water partition coefficient (Wildman–Crippen LogP) is 4.26. The van der Waals surface area contributed by atoms with E-state index in [1.807, 2.05) is 32.9 Å². The van der Waals surface area contributed by atoms with Gasteiger partial charge >= 0.3 is 0 Å². The number of amides is 1. The number of nitrogens with one attached hydrogen (secondary N) is 1. The molecule has 0 saturated heterocycles. The van der Waals surface area contributed by atoms with Crippen molar-refractivity contribution in [1.29, 1.82) is 0 Å². The van der Waals surface area contributed by atoms with E-state index in [1.165, 1.54) is 0 Å². The zero-order valence-corrected chi connectivity index (χ0v) is 15.1. The zero-order chi connectivity index (χ0) is 16.9. The molecule has 1 rings (SSSR count). The van der Waals surface area contributed by atoms with Crippen molar-refractivity contribution in [2.24, 2.45) is 11.8 Å². The molecule has 0 aromatic heterocycles. The topological polar surface area (TPSA) is 38.3 Å². The number of benzene rings is 1. The first-order valence-corrected chi connectivity index (χ1v) is 8.30. The molecule has 1 N–H and O–H groups in total. The van der Waals surface area contributed by atoms with E-state index in [-0.39, 0.29) is 11.9 Å². The number of carbonyl (C=O) groups excluding carboxylic acids is 1. The maximum atomic E-state index is 12.6. The molecule has 0 aliphatic carbocycles. The van der Waals surface area contributed by atoms with Crippen LogP contribution in [0.15, 0.2) is 18.2 Å². The molecule has 0 bridgehead atoms. The van der Waals surface area contributed by atoms with E-state index in [2.05, 4.69) is 39.1 Å². The molecule has 1 unspecified atom stereocenters. The molecule has 0 heterocycles. The van der Waals surface area contributed by atoms with Crippen molar-refractivity contribution < 1.29 is 9.53 Å². The molecule has 0 aliphatic rings. The third-order valence-corrected chi connectivity index (χ3v) is 4.02. The van der Waals surface area contributed by atoms with Crippen LogP contribution in [0.25, 0.3) is 0 Å². The van der Waals surface area contributed by atoms with Gasteiger partial charge in [0.15, 0.2) is 6.10 Å². The van der Waals surface area contributed by atoms with E-state index < -0.39 is 6.10 Å². The highest BCUT2D eigenvalue weighted by molar-refractivity contribution is 5.81. The number of hydrogen-bond donors (Lipinski definition) is 1. The molecule has 124 valence electrons. The van der Waals surface area contributed by atoms with Crippen molar-refractivity contribution in [3.8, 4) is 5.75 Å². The first-order chi connectivity index (χ1) is 10.3. The average Bonchev–Trinajstić information content (AvgIpc) is 2.44. The lowest BCUT2D eigenvalue weighted by Gasteiger charge is -2.28. The van der Waals surface area contributed by atoms with E-state index in [4.69, 9.17) is 4.74 Å². The van der Waals surface area contributed by atoms with Gasteiger partial charge in [0.05, 0.1) is 0 Å². The lowest BCUT2D eigenvalue weighted by Crippen LogP contribution is -2.48. The van der Waals surface area contributed by atoms with Crippen LogP contribution in [-0.2, 0) is 4.79 Å². The van der Waals surface area contributed by atoms with Crippen LogP contribution < -0.4 is 10.1 Å². The minimum absolute atomic E-state index is 0.0178. The molecule has 1 aromatic carbocycles. The summed E-state index contributed by atoms with van der Waals surface area (Å²) in [5.74, 6) is 1.59. The van der Waals surface area contributed by atoms with Crippen LogP contribution >= 0.6 is 0 Å². The Labute approximate surface area is 135 Å². The van der Waals surface area contributed by atoms with E-state index in [0.29, 0.717) is 18.3 Å². The quantitative estimate of drug-likeness (QED) is 0.817. The second-order valence-corrected chi connectivity index (χ2v) is 6.81. The van der Waals surface area contributed by atoms with Gasteiger partial charge in [0.1, 0.15) is 5.75 Å². The summed E-state index contributed by atoms with van der Waals surface area (Å²) in [6, 6.07) is 6.24. The molecule has 22 heavy (non-hydrogen) atoms. The highest BCUT2D eigenvalue weighted by Crippen LogP contribution is 2.21. The van der Waals surface area contributed by atoms with Gasteiger partial charge in [0, 0.05) is 6.04 Å². The van der Waals surface area contributed by atoms with E-state index in [1.54, 1.807) is 0 Å². The maximum absolute atomic E-state index is 12.6. The van der Waals surface area contributed by atoms with Crippen molar-refractivity contribution in [2.75, 3.05) is 0 Å². The van der Waals surface area contributed by atoms with Gasteiger partial charge in [-0.1, -0.05) is 46.8 Å². The molecular weight excluding hydrogens is 274 g/mol. The molecule has 0 aliphatic heterocycles. The zero-order valence-electron chi connectivity index (χ0n) is 15.1. The molecule has 1 amide bonds. The molecular formula is C19H31NO2. The Hall–Kier alpha value is -1.51. The van der Waals surface area contributed by atoms with Gasteiger partial charge in [-0.05, 0) is 49.3 Å². The maximum Gasteiger partial charge on any atom is 0.261 e. The summed E-state index contributed by atoms with van der Waals surface area (Å²) in [7, 11) is 0. The summed E-state index contributed by atoms with van der Waals surface area (Å²) in [4.78, 5) is 12.6. The molecule has 3 heteroatoms. The standard InChI is InChI=1S/C19H31NO2/c1-8-16(19(21)20-18(12(2)3)13(4)5)22-17-11-14(6)9-10-15(17)7/h9-13,16,18H,8H2,1-7H3,(H,20,21). The summed E-state index contributed by atoms with van der Waals surface area (Å²) < 4.78 is 5.99. The van der Waals surface area contributed by atoms with Gasteiger partial charge in [0.25, 0.3) is 5.91 Å². The number of rotatable bonds is 7. The molecule has 0 fully saturated rings. The van der Waals surface area contributed by atoms with E-state index in [9.17, 15) is 4.79 Å². The van der Waals surface area contributed by atoms with Crippen molar-refractivity contribution in [2.45, 2.75) is 67.0 Å². The van der Waals surface area contributed by atoms with Crippen LogP contribution in [-0.4, -0.2) is 18.1 Å². The Kier molecular flexibility index (Phi) is 6.92. The van der Waals surface area contributed by atoms with Crippen LogP contribution in [0.3, 0.4) is 0 Å². The lowest BCUT2D eigenvalue weighted by atomic mass is 9.93. The normalized spacial score (nSPS) is 12.8. The Balaban J connectivity index is 2.82. The van der Waals surface area contributed by atoms with Crippen LogP contribution in [0, 0.1) is 25.7 Å². The molecule has 1 atom stereocenters. The summed E-state index contributed by atoms with van der Waals surface area (Å²) in [6.07, 6.45) is 0.211. The monoisotopic (exact) mass is 305 g/mol. The minimum atomic E-state index is -0.444. The van der Waals surface area contributed by atoms with Crippen LogP contribution in [0.1, 0.15) is 52.2 Å². The smallest absolute Gasteiger partial charge is 0.261 e. The first-order valence-electron chi connectivity index (χ1n) is 8.30. The summed E-state index contributed by atoms with van der Waals surface area (Å²) in [5, 5.41) is 3.16. The lowest BCUT2D eigenvalue weighted by molar-refractivity contribution is -0.129. The van der Waals surface area contributed by atoms with Crippen molar-refractivity contribution in [3.63, 3.8) is 0 Å². The molecule has 3 nitrogen and oxygen atoms in total. The predicted molar refractivity (Wildman–Crippen MR) is 92.2 cm³/mol. The number of carbonyl (C=O) groups is 1. The van der Waals surface area contributed by atoms with Gasteiger partial charge < -0.3 is 10.1 Å². The number of ether oxygens (including phenoxy) is 1. The Morgan fingerprint density at radius 3 is 2.23 bits per heavy atom. The summed E-state index contributed by atoms with van der Waals surface area (Å²) >= 11 is 0. The number of hydrogen-bond acceptors (Lipinski definition) is 2. The van der Waals surface area contributed by atoms with Crippen LogP contribution in [0.4, 0.5) is 0 Å². The Morgan fingerprint density at radius 2 is 1.73 bits per heavy atom. The SMILES string of the molecule is CCC(Oc1cc(C)ccc1C)C(=O)NC(C(C)C)C(C)C. The fraction of sp³-hybridized carbons (Fsp3) is 0.632. The van der Waals surface area contributed by atoms with Crippen molar-refractivity contribution in [1.82, 2.24) is 5.32 Å². The number of aryl methyl sites for hydroxylation is 2. The molecule has 0 spiro atoms. The third kappa shape index (κ3) is 5.04. The Bertz CT molecular complexity index is 486. The third-order valence-electron chi connectivity index (χ3n) is 4.02.